The average molecular weight is 232 g/mol. The zero-order valence-electron chi connectivity index (χ0n) is 9.25. The summed E-state index contributed by atoms with van der Waals surface area (Å²) < 4.78 is 0. The Morgan fingerprint density at radius 3 is 2.94 bits per heavy atom. The molecule has 0 saturated carbocycles. The van der Waals surface area contributed by atoms with Crippen molar-refractivity contribution in [3.05, 3.63) is 34.9 Å². The van der Waals surface area contributed by atoms with Gasteiger partial charge in [-0.2, -0.15) is 0 Å². The van der Waals surface area contributed by atoms with E-state index in [-0.39, 0.29) is 10.9 Å². The standard InChI is InChI=1S/C13H13NOS/c1-16-12-8-3-2-5-9(12)14-10-6-4-7-11(15)13(10)16/h2-3,5,8H,4,6-7H2,1H3/p+1. The quantitative estimate of drug-likeness (QED) is 0.697. The smallest absolute Gasteiger partial charge is 0.222 e. The Balaban J connectivity index is 2.12. The van der Waals surface area contributed by atoms with E-state index < -0.39 is 0 Å². The van der Waals surface area contributed by atoms with E-state index in [1.54, 1.807) is 0 Å². The van der Waals surface area contributed by atoms with Gasteiger partial charge in [0.2, 0.25) is 10.7 Å². The summed E-state index contributed by atoms with van der Waals surface area (Å²) >= 11 is 0. The van der Waals surface area contributed by atoms with Crippen LogP contribution in [0.25, 0.3) is 0 Å². The summed E-state index contributed by atoms with van der Waals surface area (Å²) in [6.45, 7) is 0. The first-order chi connectivity index (χ1) is 7.77. The van der Waals surface area contributed by atoms with Crippen molar-refractivity contribution >= 4 is 22.4 Å². The molecule has 1 N–H and O–H groups in total. The number of rotatable bonds is 0. The van der Waals surface area contributed by atoms with Crippen LogP contribution >= 0.6 is 0 Å². The van der Waals surface area contributed by atoms with Crippen LogP contribution in [0.15, 0.2) is 39.8 Å². The van der Waals surface area contributed by atoms with Crippen molar-refractivity contribution in [3.63, 3.8) is 0 Å². The molecule has 1 atom stereocenters. The summed E-state index contributed by atoms with van der Waals surface area (Å²) in [5, 5.41) is 3.43. The molecule has 0 amide bonds. The lowest BCUT2D eigenvalue weighted by Crippen LogP contribution is -2.26. The summed E-state index contributed by atoms with van der Waals surface area (Å²) in [5.74, 6) is 0.342. The number of fused-ring (bicyclic) bond motifs is 1. The summed E-state index contributed by atoms with van der Waals surface area (Å²) in [6.07, 6.45) is 4.90. The van der Waals surface area contributed by atoms with Crippen LogP contribution in [-0.4, -0.2) is 12.0 Å². The van der Waals surface area contributed by atoms with Gasteiger partial charge in [-0.1, -0.05) is 12.1 Å². The zero-order valence-corrected chi connectivity index (χ0v) is 10.1. The number of hydrogen-bond acceptors (Lipinski definition) is 2. The first-order valence-electron chi connectivity index (χ1n) is 5.56. The van der Waals surface area contributed by atoms with Gasteiger partial charge in [0.05, 0.1) is 22.3 Å². The fourth-order valence-corrected chi connectivity index (χ4v) is 4.32. The van der Waals surface area contributed by atoms with Gasteiger partial charge >= 0.3 is 0 Å². The van der Waals surface area contributed by atoms with E-state index in [9.17, 15) is 4.79 Å². The van der Waals surface area contributed by atoms with E-state index >= 15 is 0 Å². The Bertz CT molecular complexity index is 492. The van der Waals surface area contributed by atoms with Crippen LogP contribution in [0.1, 0.15) is 19.3 Å². The third-order valence-corrected chi connectivity index (χ3v) is 5.27. The van der Waals surface area contributed by atoms with Gasteiger partial charge < -0.3 is 5.32 Å². The molecule has 1 aliphatic heterocycles. The van der Waals surface area contributed by atoms with Crippen LogP contribution in [0.5, 0.6) is 0 Å². The fraction of sp³-hybridized carbons (Fsp3) is 0.308. The number of benzene rings is 1. The van der Waals surface area contributed by atoms with Crippen LogP contribution in [0.4, 0.5) is 5.69 Å². The molecule has 16 heavy (non-hydrogen) atoms. The molecule has 0 aromatic heterocycles. The molecule has 2 nitrogen and oxygen atoms in total. The number of allylic oxidation sites excluding steroid dienone is 2. The minimum Gasteiger partial charge on any atom is -0.351 e. The van der Waals surface area contributed by atoms with E-state index in [1.165, 1.54) is 16.3 Å². The van der Waals surface area contributed by atoms with Crippen LogP contribution in [-0.2, 0) is 15.7 Å². The summed E-state index contributed by atoms with van der Waals surface area (Å²) in [7, 11) is -0.0442. The highest BCUT2D eigenvalue weighted by Crippen LogP contribution is 2.38. The van der Waals surface area contributed by atoms with Crippen molar-refractivity contribution in [1.82, 2.24) is 0 Å². The molecule has 1 aliphatic carbocycles. The second-order valence-corrected chi connectivity index (χ2v) is 6.08. The minimum absolute atomic E-state index is 0.0442. The molecule has 0 saturated heterocycles. The highest BCUT2D eigenvalue weighted by molar-refractivity contribution is 8.01. The van der Waals surface area contributed by atoms with E-state index in [0.717, 1.165) is 24.2 Å². The second kappa shape index (κ2) is 3.67. The number of carbonyl (C=O) groups is 1. The molecule has 3 heteroatoms. The number of ketones is 1. The molecular formula is C13H14NOS+. The van der Waals surface area contributed by atoms with E-state index in [0.29, 0.717) is 5.78 Å². The van der Waals surface area contributed by atoms with Gasteiger partial charge in [-0.05, 0) is 25.0 Å². The van der Waals surface area contributed by atoms with Crippen molar-refractivity contribution in [2.24, 2.45) is 0 Å². The molecule has 0 spiro atoms. The van der Waals surface area contributed by atoms with E-state index in [4.69, 9.17) is 0 Å². The van der Waals surface area contributed by atoms with Gasteiger partial charge in [0.15, 0.2) is 4.90 Å². The Labute approximate surface area is 98.1 Å². The van der Waals surface area contributed by atoms with Crippen LogP contribution in [0.3, 0.4) is 0 Å². The highest BCUT2D eigenvalue weighted by Gasteiger charge is 2.39. The molecule has 1 aromatic rings. The molecule has 0 bridgehead atoms. The summed E-state index contributed by atoms with van der Waals surface area (Å²) in [5.41, 5.74) is 2.35. The molecule has 0 fully saturated rings. The van der Waals surface area contributed by atoms with Crippen molar-refractivity contribution < 1.29 is 4.79 Å². The summed E-state index contributed by atoms with van der Waals surface area (Å²) in [6, 6.07) is 8.31. The first-order valence-corrected chi connectivity index (χ1v) is 7.19. The fourth-order valence-electron chi connectivity index (χ4n) is 2.41. The maximum atomic E-state index is 12.0. The van der Waals surface area contributed by atoms with Crippen molar-refractivity contribution in [2.45, 2.75) is 24.2 Å². The second-order valence-electron chi connectivity index (χ2n) is 4.22. The van der Waals surface area contributed by atoms with Gasteiger partial charge in [-0.25, -0.2) is 0 Å². The lowest BCUT2D eigenvalue weighted by atomic mass is 10.0. The van der Waals surface area contributed by atoms with Crippen LogP contribution in [0.2, 0.25) is 0 Å². The molecule has 0 radical (unpaired) electrons. The molecule has 2 aliphatic rings. The van der Waals surface area contributed by atoms with Crippen molar-refractivity contribution in [3.8, 4) is 0 Å². The number of para-hydroxylation sites is 1. The Morgan fingerprint density at radius 1 is 1.25 bits per heavy atom. The van der Waals surface area contributed by atoms with Crippen LogP contribution < -0.4 is 5.32 Å². The topological polar surface area (TPSA) is 29.1 Å². The Kier molecular flexibility index (Phi) is 2.28. The predicted octanol–water partition coefficient (Wildman–Crippen LogP) is 2.68. The summed E-state index contributed by atoms with van der Waals surface area (Å²) in [4.78, 5) is 14.3. The Morgan fingerprint density at radius 2 is 2.06 bits per heavy atom. The maximum absolute atomic E-state index is 12.0. The average Bonchev–Trinajstić information content (AvgIpc) is 2.29. The normalized spacial score (nSPS) is 23.6. The molecule has 3 rings (SSSR count). The van der Waals surface area contributed by atoms with Gasteiger partial charge in [-0.3, -0.25) is 4.79 Å². The Hall–Kier alpha value is -1.22. The third kappa shape index (κ3) is 1.39. The van der Waals surface area contributed by atoms with E-state index in [1.807, 2.05) is 12.1 Å². The SMILES string of the molecule is C[S+]1C2=C(CCCC2=O)Nc2ccccc21. The molecular weight excluding hydrogens is 218 g/mol. The molecule has 1 heterocycles. The number of anilines is 1. The lowest BCUT2D eigenvalue weighted by Gasteiger charge is -2.24. The number of nitrogens with one attached hydrogen (secondary N) is 1. The monoisotopic (exact) mass is 232 g/mol. The minimum atomic E-state index is -0.0442. The molecule has 82 valence electrons. The van der Waals surface area contributed by atoms with Crippen molar-refractivity contribution in [1.29, 1.82) is 0 Å². The number of carbonyl (C=O) groups excluding carboxylic acids is 1. The van der Waals surface area contributed by atoms with Gasteiger partial charge in [0.1, 0.15) is 6.26 Å². The molecule has 1 aromatic carbocycles. The predicted molar refractivity (Wildman–Crippen MR) is 67.5 cm³/mol. The number of Topliss-reactive ketones (excluding diaryl/α,β-unsaturated/α-hetero) is 1. The third-order valence-electron chi connectivity index (χ3n) is 3.17. The first kappa shape index (κ1) is 9.97. The number of hydrogen-bond donors (Lipinski definition) is 1. The largest absolute Gasteiger partial charge is 0.351 e. The van der Waals surface area contributed by atoms with E-state index in [2.05, 4.69) is 23.7 Å². The van der Waals surface area contributed by atoms with Gasteiger partial charge in [0, 0.05) is 6.42 Å². The van der Waals surface area contributed by atoms with Gasteiger partial charge in [-0.15, -0.1) is 0 Å². The molecule has 1 unspecified atom stereocenters. The van der Waals surface area contributed by atoms with Gasteiger partial charge in [0.25, 0.3) is 0 Å². The highest BCUT2D eigenvalue weighted by atomic mass is 32.2. The van der Waals surface area contributed by atoms with Crippen LogP contribution in [0, 0.1) is 0 Å². The maximum Gasteiger partial charge on any atom is 0.222 e. The zero-order chi connectivity index (χ0) is 11.1. The lowest BCUT2D eigenvalue weighted by molar-refractivity contribution is -0.115. The van der Waals surface area contributed by atoms with Crippen molar-refractivity contribution in [2.75, 3.05) is 11.6 Å².